The maximum Gasteiger partial charge on any atom is 0.257 e. The minimum atomic E-state index is -0.485. The number of nitrogens with zero attached hydrogens (tertiary/aromatic N) is 1. The molecule has 0 bridgehead atoms. The van der Waals surface area contributed by atoms with Crippen molar-refractivity contribution in [2.75, 3.05) is 12.4 Å². The van der Waals surface area contributed by atoms with Crippen LogP contribution in [0.4, 0.5) is 5.13 Å². The number of fused-ring (bicyclic) bond motifs is 1. The fraction of sp³-hybridized carbons (Fsp3) is 0.0625. The molecule has 1 amide bonds. The lowest BCUT2D eigenvalue weighted by molar-refractivity contribution is 0.0977. The minimum absolute atomic E-state index is 0.0596. The summed E-state index contributed by atoms with van der Waals surface area (Å²) < 4.78 is 5.89. The molecule has 1 aromatic heterocycles. The summed E-state index contributed by atoms with van der Waals surface area (Å²) in [7, 11) is 1.43. The summed E-state index contributed by atoms with van der Waals surface area (Å²) in [6.45, 7) is 0. The first-order valence-electron chi connectivity index (χ1n) is 7.20. The van der Waals surface area contributed by atoms with E-state index in [1.165, 1.54) is 30.6 Å². The fourth-order valence-corrected chi connectivity index (χ4v) is 4.37. The van der Waals surface area contributed by atoms with Gasteiger partial charge in [-0.15, -0.1) is 0 Å². The number of nitrogens with one attached hydrogen (secondary N) is 2. The summed E-state index contributed by atoms with van der Waals surface area (Å²) in [5.41, 5.74) is 0.786. The largest absolute Gasteiger partial charge is 0.494 e. The van der Waals surface area contributed by atoms with Gasteiger partial charge >= 0.3 is 0 Å². The fourth-order valence-electron chi connectivity index (χ4n) is 2.18. The van der Waals surface area contributed by atoms with E-state index in [0.717, 1.165) is 4.70 Å². The van der Waals surface area contributed by atoms with Crippen LogP contribution in [0.2, 0.25) is 20.1 Å². The standard InChI is InChI=1S/C16H9Cl4N3O2S2/c1-25-13-8(18)4-6(5-9(13)19)14(24)22-15(26)23-16-21-12-10(27-16)3-2-7(17)11(12)20/h2-5H,1H3,(H2,21,22,23,24,26). The Hall–Kier alpha value is -1.35. The second kappa shape index (κ2) is 8.34. The van der Waals surface area contributed by atoms with Crippen LogP contribution in [0.5, 0.6) is 5.75 Å². The molecule has 0 radical (unpaired) electrons. The van der Waals surface area contributed by atoms with Gasteiger partial charge in [0.1, 0.15) is 5.52 Å². The Morgan fingerprint density at radius 3 is 2.44 bits per heavy atom. The summed E-state index contributed by atoms with van der Waals surface area (Å²) in [5.74, 6) is -0.193. The quantitative estimate of drug-likeness (QED) is 0.447. The molecule has 0 unspecified atom stereocenters. The normalized spacial score (nSPS) is 10.7. The number of carbonyl (C=O) groups is 1. The molecule has 3 aromatic rings. The summed E-state index contributed by atoms with van der Waals surface area (Å²) >= 11 is 30.7. The molecule has 27 heavy (non-hydrogen) atoms. The zero-order valence-electron chi connectivity index (χ0n) is 13.4. The van der Waals surface area contributed by atoms with Gasteiger partial charge in [-0.3, -0.25) is 10.1 Å². The molecule has 0 fully saturated rings. The second-order valence-electron chi connectivity index (χ2n) is 5.11. The number of hydrogen-bond donors (Lipinski definition) is 2. The zero-order valence-corrected chi connectivity index (χ0v) is 18.1. The molecular weight excluding hydrogens is 472 g/mol. The Balaban J connectivity index is 1.74. The molecule has 0 aliphatic heterocycles. The van der Waals surface area contributed by atoms with E-state index in [-0.39, 0.29) is 20.7 Å². The van der Waals surface area contributed by atoms with E-state index >= 15 is 0 Å². The molecular formula is C16H9Cl4N3O2S2. The van der Waals surface area contributed by atoms with Gasteiger partial charge in [0.25, 0.3) is 5.91 Å². The SMILES string of the molecule is COc1c(Cl)cc(C(=O)NC(=S)Nc2nc3c(Cl)c(Cl)ccc3s2)cc1Cl. The number of ether oxygens (including phenoxy) is 1. The molecule has 140 valence electrons. The Labute approximate surface area is 183 Å². The molecule has 2 aromatic carbocycles. The number of hydrogen-bond acceptors (Lipinski definition) is 5. The number of carbonyl (C=O) groups excluding carboxylic acids is 1. The maximum atomic E-state index is 12.4. The minimum Gasteiger partial charge on any atom is -0.494 e. The Morgan fingerprint density at radius 1 is 1.15 bits per heavy atom. The van der Waals surface area contributed by atoms with Gasteiger partial charge in [0, 0.05) is 5.56 Å². The zero-order chi connectivity index (χ0) is 19.7. The monoisotopic (exact) mass is 479 g/mol. The smallest absolute Gasteiger partial charge is 0.257 e. The van der Waals surface area contributed by atoms with Gasteiger partial charge < -0.3 is 10.1 Å². The predicted octanol–water partition coefficient (Wildman–Crippen LogP) is 6.05. The molecule has 0 aliphatic carbocycles. The van der Waals surface area contributed by atoms with Crippen molar-refractivity contribution in [2.45, 2.75) is 0 Å². The third-order valence-electron chi connectivity index (χ3n) is 3.36. The van der Waals surface area contributed by atoms with Crippen molar-refractivity contribution in [2.24, 2.45) is 0 Å². The van der Waals surface area contributed by atoms with E-state index in [0.29, 0.717) is 26.4 Å². The summed E-state index contributed by atoms with van der Waals surface area (Å²) in [6.07, 6.45) is 0. The summed E-state index contributed by atoms with van der Waals surface area (Å²) in [5, 5.41) is 7.10. The summed E-state index contributed by atoms with van der Waals surface area (Å²) in [4.78, 5) is 16.7. The highest BCUT2D eigenvalue weighted by molar-refractivity contribution is 7.80. The topological polar surface area (TPSA) is 63.2 Å². The van der Waals surface area contributed by atoms with E-state index < -0.39 is 5.91 Å². The third kappa shape index (κ3) is 4.39. The van der Waals surface area contributed by atoms with Gasteiger partial charge in [-0.1, -0.05) is 57.7 Å². The number of methoxy groups -OCH3 is 1. The van der Waals surface area contributed by atoms with Crippen molar-refractivity contribution in [3.8, 4) is 5.75 Å². The highest BCUT2D eigenvalue weighted by Crippen LogP contribution is 2.35. The molecule has 3 rings (SSSR count). The molecule has 0 aliphatic rings. The van der Waals surface area contributed by atoms with E-state index in [1.54, 1.807) is 12.1 Å². The van der Waals surface area contributed by atoms with Gasteiger partial charge in [0.05, 0.1) is 31.9 Å². The second-order valence-corrected chi connectivity index (χ2v) is 8.15. The first kappa shape index (κ1) is 20.4. The molecule has 0 saturated carbocycles. The number of amides is 1. The highest BCUT2D eigenvalue weighted by atomic mass is 35.5. The van der Waals surface area contributed by atoms with Crippen molar-refractivity contribution in [3.63, 3.8) is 0 Å². The Kier molecular flexibility index (Phi) is 6.30. The van der Waals surface area contributed by atoms with Gasteiger partial charge in [0.2, 0.25) is 0 Å². The predicted molar refractivity (Wildman–Crippen MR) is 116 cm³/mol. The lowest BCUT2D eigenvalue weighted by atomic mass is 10.2. The van der Waals surface area contributed by atoms with Crippen molar-refractivity contribution in [1.29, 1.82) is 0 Å². The van der Waals surface area contributed by atoms with E-state index in [2.05, 4.69) is 15.6 Å². The number of benzene rings is 2. The van der Waals surface area contributed by atoms with Crippen molar-refractivity contribution in [3.05, 3.63) is 49.9 Å². The highest BCUT2D eigenvalue weighted by Gasteiger charge is 2.16. The molecule has 2 N–H and O–H groups in total. The van der Waals surface area contributed by atoms with Crippen LogP contribution in [-0.2, 0) is 0 Å². The Morgan fingerprint density at radius 2 is 1.81 bits per heavy atom. The molecule has 1 heterocycles. The van der Waals surface area contributed by atoms with Gasteiger partial charge in [-0.25, -0.2) is 4.98 Å². The van der Waals surface area contributed by atoms with Gasteiger partial charge in [-0.2, -0.15) is 0 Å². The van der Waals surface area contributed by atoms with Gasteiger partial charge in [-0.05, 0) is 36.5 Å². The van der Waals surface area contributed by atoms with Crippen LogP contribution in [0.25, 0.3) is 10.2 Å². The van der Waals surface area contributed by atoms with E-state index in [4.69, 9.17) is 63.4 Å². The van der Waals surface area contributed by atoms with Crippen LogP contribution in [-0.4, -0.2) is 23.1 Å². The molecule has 0 spiro atoms. The molecule has 5 nitrogen and oxygen atoms in total. The average Bonchev–Trinajstić information content (AvgIpc) is 3.01. The van der Waals surface area contributed by atoms with Crippen LogP contribution in [0, 0.1) is 0 Å². The van der Waals surface area contributed by atoms with Crippen LogP contribution in [0.3, 0.4) is 0 Å². The third-order valence-corrected chi connectivity index (χ3v) is 5.86. The average molecular weight is 481 g/mol. The first-order chi connectivity index (χ1) is 12.8. The first-order valence-corrected chi connectivity index (χ1v) is 9.93. The van der Waals surface area contributed by atoms with E-state index in [1.807, 2.05) is 0 Å². The number of thiazole rings is 1. The molecule has 0 saturated heterocycles. The lowest BCUT2D eigenvalue weighted by Crippen LogP contribution is -2.34. The van der Waals surface area contributed by atoms with Crippen LogP contribution in [0.1, 0.15) is 10.4 Å². The van der Waals surface area contributed by atoms with Crippen LogP contribution in [0.15, 0.2) is 24.3 Å². The van der Waals surface area contributed by atoms with Crippen molar-refractivity contribution in [1.82, 2.24) is 10.3 Å². The number of rotatable bonds is 3. The van der Waals surface area contributed by atoms with Crippen molar-refractivity contribution < 1.29 is 9.53 Å². The van der Waals surface area contributed by atoms with Crippen molar-refractivity contribution >= 4 is 96.3 Å². The number of thiocarbonyl (C=S) groups is 1. The van der Waals surface area contributed by atoms with E-state index in [9.17, 15) is 4.79 Å². The maximum absolute atomic E-state index is 12.4. The number of anilines is 1. The van der Waals surface area contributed by atoms with Crippen LogP contribution >= 0.6 is 70.0 Å². The number of halogens is 4. The number of aromatic nitrogens is 1. The molecule has 11 heteroatoms. The molecule has 0 atom stereocenters. The Bertz CT molecular complexity index is 1050. The van der Waals surface area contributed by atoms with Crippen LogP contribution < -0.4 is 15.4 Å². The lowest BCUT2D eigenvalue weighted by Gasteiger charge is -2.10. The van der Waals surface area contributed by atoms with Gasteiger partial charge in [0.15, 0.2) is 16.0 Å². The summed E-state index contributed by atoms with van der Waals surface area (Å²) in [6, 6.07) is 6.36.